The van der Waals surface area contributed by atoms with Gasteiger partial charge in [-0.15, -0.1) is 0 Å². The molecule has 0 aromatic carbocycles. The van der Waals surface area contributed by atoms with Crippen LogP contribution in [0, 0.1) is 11.8 Å². The van der Waals surface area contributed by atoms with Crippen LogP contribution in [0.1, 0.15) is 41.9 Å². The van der Waals surface area contributed by atoms with Crippen molar-refractivity contribution in [2.45, 2.75) is 57.2 Å². The molecule has 0 radical (unpaired) electrons. The first kappa shape index (κ1) is 29.4. The summed E-state index contributed by atoms with van der Waals surface area (Å²) in [5, 5.41) is 10.1. The molecule has 2 N–H and O–H groups in total. The van der Waals surface area contributed by atoms with E-state index in [1.165, 1.54) is 10.6 Å². The average molecular weight is 563 g/mol. The number of amides is 1. The summed E-state index contributed by atoms with van der Waals surface area (Å²) in [4.78, 5) is 14.4. The SMILES string of the molecule is COC(C)(C)Cn1ccc(C(=O)NCC#Cc2nn3c(N[C@@H]4CCN(C)C[C@@H]4F)cccc3c2CC(F)(F)F)c1. The lowest BCUT2D eigenvalue weighted by Gasteiger charge is -2.33. The number of anilines is 1. The number of likely N-dealkylation sites (tertiary alicyclic amines) is 1. The summed E-state index contributed by atoms with van der Waals surface area (Å²) >= 11 is 0. The zero-order valence-corrected chi connectivity index (χ0v) is 23.0. The molecule has 3 aromatic heterocycles. The highest BCUT2D eigenvalue weighted by Crippen LogP contribution is 2.28. The summed E-state index contributed by atoms with van der Waals surface area (Å²) in [6.45, 7) is 5.29. The van der Waals surface area contributed by atoms with Gasteiger partial charge in [-0.1, -0.05) is 12.0 Å². The van der Waals surface area contributed by atoms with Crippen LogP contribution in [0.15, 0.2) is 36.7 Å². The third-order valence-corrected chi connectivity index (χ3v) is 6.89. The van der Waals surface area contributed by atoms with Crippen LogP contribution in [0.2, 0.25) is 0 Å². The Morgan fingerprint density at radius 1 is 1.25 bits per heavy atom. The van der Waals surface area contributed by atoms with Crippen molar-refractivity contribution < 1.29 is 27.1 Å². The number of aromatic nitrogens is 3. The van der Waals surface area contributed by atoms with E-state index < -0.39 is 30.4 Å². The fraction of sp³-hybridized carbons (Fsp3) is 0.500. The van der Waals surface area contributed by atoms with Crippen molar-refractivity contribution in [3.05, 3.63) is 53.5 Å². The molecule has 4 heterocycles. The Morgan fingerprint density at radius 3 is 2.73 bits per heavy atom. The predicted molar refractivity (Wildman–Crippen MR) is 144 cm³/mol. The first-order valence-corrected chi connectivity index (χ1v) is 13.0. The van der Waals surface area contributed by atoms with Gasteiger partial charge in [-0.3, -0.25) is 4.79 Å². The maximum Gasteiger partial charge on any atom is 0.393 e. The molecule has 1 saturated heterocycles. The number of ether oxygens (including phenoxy) is 1. The van der Waals surface area contributed by atoms with E-state index in [9.17, 15) is 22.4 Å². The number of carbonyl (C=O) groups is 1. The highest BCUT2D eigenvalue weighted by atomic mass is 19.4. The van der Waals surface area contributed by atoms with Gasteiger partial charge in [0.15, 0.2) is 0 Å². The minimum absolute atomic E-state index is 0.0473. The van der Waals surface area contributed by atoms with E-state index in [1.807, 2.05) is 30.4 Å². The molecular formula is C28H34F4N6O2. The Kier molecular flexibility index (Phi) is 8.75. The quantitative estimate of drug-likeness (QED) is 0.322. The smallest absolute Gasteiger partial charge is 0.377 e. The van der Waals surface area contributed by atoms with E-state index in [-0.39, 0.29) is 35.8 Å². The van der Waals surface area contributed by atoms with Gasteiger partial charge in [0.25, 0.3) is 5.91 Å². The first-order valence-electron chi connectivity index (χ1n) is 13.0. The standard InChI is InChI=1S/C28H34F4N6O2/c1-27(2,40-4)18-37-14-10-19(16-37)26(39)33-12-6-7-22-20(15-28(30,31)32)24-8-5-9-25(38(24)35-22)34-23-11-13-36(3)17-21(23)29/h5,8-10,14,16,21,23,34H,11-13,15,17-18H2,1-4H3,(H,33,39)/t21-,23+/m0/s1. The topological polar surface area (TPSA) is 75.8 Å². The first-order chi connectivity index (χ1) is 18.8. The molecule has 2 atom stereocenters. The second-order valence-electron chi connectivity index (χ2n) is 10.7. The number of pyridine rings is 1. The lowest BCUT2D eigenvalue weighted by atomic mass is 10.0. The third-order valence-electron chi connectivity index (χ3n) is 6.89. The molecule has 0 spiro atoms. The lowest BCUT2D eigenvalue weighted by molar-refractivity contribution is -0.127. The molecule has 0 unspecified atom stereocenters. The number of carbonyl (C=O) groups excluding carboxylic acids is 1. The van der Waals surface area contributed by atoms with Gasteiger partial charge in [-0.05, 0) is 51.4 Å². The van der Waals surface area contributed by atoms with Gasteiger partial charge in [-0.2, -0.15) is 18.3 Å². The Morgan fingerprint density at radius 2 is 2.02 bits per heavy atom. The van der Waals surface area contributed by atoms with Crippen molar-refractivity contribution in [2.24, 2.45) is 0 Å². The van der Waals surface area contributed by atoms with Crippen molar-refractivity contribution in [3.8, 4) is 11.8 Å². The number of rotatable bonds is 8. The molecule has 3 aromatic rings. The highest BCUT2D eigenvalue weighted by Gasteiger charge is 2.32. The number of piperidine rings is 1. The largest absolute Gasteiger partial charge is 0.393 e. The number of alkyl halides is 4. The molecule has 4 rings (SSSR count). The van der Waals surface area contributed by atoms with Gasteiger partial charge < -0.3 is 24.8 Å². The monoisotopic (exact) mass is 562 g/mol. The summed E-state index contributed by atoms with van der Waals surface area (Å²) < 4.78 is 63.6. The van der Waals surface area contributed by atoms with Crippen LogP contribution in [0.4, 0.5) is 23.4 Å². The van der Waals surface area contributed by atoms with Gasteiger partial charge in [0.2, 0.25) is 0 Å². The third kappa shape index (κ3) is 7.34. The molecule has 0 bridgehead atoms. The number of hydrogen-bond donors (Lipinski definition) is 2. The zero-order chi connectivity index (χ0) is 29.1. The van der Waals surface area contributed by atoms with Crippen LogP contribution >= 0.6 is 0 Å². The lowest BCUT2D eigenvalue weighted by Crippen LogP contribution is -2.46. The molecule has 1 aliphatic heterocycles. The van der Waals surface area contributed by atoms with E-state index in [2.05, 4.69) is 27.6 Å². The second-order valence-corrected chi connectivity index (χ2v) is 10.7. The van der Waals surface area contributed by atoms with Crippen LogP contribution in [0.3, 0.4) is 0 Å². The van der Waals surface area contributed by atoms with E-state index in [1.54, 1.807) is 37.7 Å². The summed E-state index contributed by atoms with van der Waals surface area (Å²) in [7, 11) is 3.46. The maximum absolute atomic E-state index is 14.6. The van der Waals surface area contributed by atoms with Crippen LogP contribution in [-0.2, 0) is 17.7 Å². The van der Waals surface area contributed by atoms with Crippen LogP contribution in [-0.4, -0.2) is 82.8 Å². The molecule has 0 aliphatic carbocycles. The zero-order valence-electron chi connectivity index (χ0n) is 23.0. The molecule has 0 saturated carbocycles. The molecule has 216 valence electrons. The Hall–Kier alpha value is -3.56. The molecule has 8 nitrogen and oxygen atoms in total. The molecule has 1 amide bonds. The number of fused-ring (bicyclic) bond motifs is 1. The van der Waals surface area contributed by atoms with Gasteiger partial charge in [-0.25, -0.2) is 8.91 Å². The molecular weight excluding hydrogens is 528 g/mol. The van der Waals surface area contributed by atoms with Crippen LogP contribution in [0.5, 0.6) is 0 Å². The Balaban J connectivity index is 1.51. The Bertz CT molecular complexity index is 1400. The second kappa shape index (κ2) is 11.9. The van der Waals surface area contributed by atoms with Crippen molar-refractivity contribution in [1.82, 2.24) is 24.4 Å². The van der Waals surface area contributed by atoms with Crippen molar-refractivity contribution in [2.75, 3.05) is 39.1 Å². The van der Waals surface area contributed by atoms with E-state index >= 15 is 0 Å². The number of nitrogens with one attached hydrogen (secondary N) is 2. The van der Waals surface area contributed by atoms with Crippen molar-refractivity contribution in [1.29, 1.82) is 0 Å². The van der Waals surface area contributed by atoms with Crippen molar-refractivity contribution in [3.63, 3.8) is 0 Å². The molecule has 1 fully saturated rings. The van der Waals surface area contributed by atoms with Crippen molar-refractivity contribution >= 4 is 17.2 Å². The summed E-state index contributed by atoms with van der Waals surface area (Å²) in [5.74, 6) is 5.44. The van der Waals surface area contributed by atoms with E-state index in [0.717, 1.165) is 0 Å². The normalized spacial score (nSPS) is 18.4. The summed E-state index contributed by atoms with van der Waals surface area (Å²) in [5.41, 5.74) is 0.132. The number of methoxy groups -OCH3 is 1. The van der Waals surface area contributed by atoms with E-state index in [0.29, 0.717) is 30.9 Å². The predicted octanol–water partition coefficient (Wildman–Crippen LogP) is 3.90. The minimum atomic E-state index is -4.49. The maximum atomic E-state index is 14.6. The fourth-order valence-electron chi connectivity index (χ4n) is 4.64. The Labute approximate surface area is 230 Å². The average Bonchev–Trinajstić information content (AvgIpc) is 3.47. The van der Waals surface area contributed by atoms with Crippen LogP contribution < -0.4 is 10.6 Å². The number of nitrogens with zero attached hydrogens (tertiary/aromatic N) is 4. The number of hydrogen-bond acceptors (Lipinski definition) is 5. The summed E-state index contributed by atoms with van der Waals surface area (Å²) in [6, 6.07) is 5.97. The van der Waals surface area contributed by atoms with Gasteiger partial charge in [0, 0.05) is 38.2 Å². The van der Waals surface area contributed by atoms with Gasteiger partial charge >= 0.3 is 6.18 Å². The molecule has 40 heavy (non-hydrogen) atoms. The number of halogens is 4. The summed E-state index contributed by atoms with van der Waals surface area (Å²) in [6.07, 6.45) is -2.84. The minimum Gasteiger partial charge on any atom is -0.377 e. The molecule has 1 aliphatic rings. The van der Waals surface area contributed by atoms with Crippen LogP contribution in [0.25, 0.3) is 5.52 Å². The molecule has 12 heteroatoms. The fourth-order valence-corrected chi connectivity index (χ4v) is 4.64. The highest BCUT2D eigenvalue weighted by molar-refractivity contribution is 5.94. The van der Waals surface area contributed by atoms with E-state index in [4.69, 9.17) is 4.74 Å². The van der Waals surface area contributed by atoms with Gasteiger partial charge in [0.1, 0.15) is 17.7 Å². The van der Waals surface area contributed by atoms with Gasteiger partial charge in [0.05, 0.1) is 42.2 Å².